The number of piperazine rings is 1. The number of methoxy groups -OCH3 is 1. The number of ether oxygens (including phenoxy) is 1. The molecular formula is C17H18ClN3O2. The summed E-state index contributed by atoms with van der Waals surface area (Å²) in [5, 5.41) is 3.71. The zero-order valence-corrected chi connectivity index (χ0v) is 13.6. The van der Waals surface area contributed by atoms with Gasteiger partial charge in [-0.05, 0) is 12.1 Å². The molecule has 0 saturated carbocycles. The summed E-state index contributed by atoms with van der Waals surface area (Å²) < 4.78 is 5.45. The number of pyridine rings is 1. The van der Waals surface area contributed by atoms with Crippen molar-refractivity contribution < 1.29 is 9.53 Å². The van der Waals surface area contributed by atoms with Crippen LogP contribution < -0.4 is 10.1 Å². The lowest BCUT2D eigenvalue weighted by Gasteiger charge is -2.37. The molecule has 1 fully saturated rings. The number of para-hydroxylation sites is 1. The van der Waals surface area contributed by atoms with Gasteiger partial charge in [0.1, 0.15) is 5.75 Å². The van der Waals surface area contributed by atoms with Crippen LogP contribution in [0.3, 0.4) is 0 Å². The molecule has 1 saturated heterocycles. The molecule has 2 aromatic rings. The van der Waals surface area contributed by atoms with Crippen molar-refractivity contribution in [1.29, 1.82) is 0 Å². The molecule has 1 N–H and O–H groups in total. The van der Waals surface area contributed by atoms with Crippen LogP contribution >= 0.6 is 11.6 Å². The van der Waals surface area contributed by atoms with Crippen LogP contribution in [-0.4, -0.2) is 42.5 Å². The van der Waals surface area contributed by atoms with E-state index in [9.17, 15) is 4.79 Å². The van der Waals surface area contributed by atoms with Crippen molar-refractivity contribution in [1.82, 2.24) is 15.2 Å². The maximum atomic E-state index is 12.9. The summed E-state index contributed by atoms with van der Waals surface area (Å²) in [4.78, 5) is 18.7. The Kier molecular flexibility index (Phi) is 4.79. The molecular weight excluding hydrogens is 314 g/mol. The average molecular weight is 332 g/mol. The molecule has 6 heteroatoms. The zero-order valence-electron chi connectivity index (χ0n) is 12.8. The molecule has 1 aromatic heterocycles. The van der Waals surface area contributed by atoms with E-state index in [1.807, 2.05) is 29.2 Å². The lowest BCUT2D eigenvalue weighted by Crippen LogP contribution is -2.48. The molecule has 0 radical (unpaired) electrons. The minimum absolute atomic E-state index is 0.0881. The lowest BCUT2D eigenvalue weighted by atomic mass is 10.0. The largest absolute Gasteiger partial charge is 0.496 e. The number of aromatic nitrogens is 1. The minimum Gasteiger partial charge on any atom is -0.496 e. The lowest BCUT2D eigenvalue weighted by molar-refractivity contribution is 0.0631. The van der Waals surface area contributed by atoms with Crippen LogP contribution in [0.15, 0.2) is 42.7 Å². The summed E-state index contributed by atoms with van der Waals surface area (Å²) in [5.41, 5.74) is 1.46. The normalized spacial score (nSPS) is 17.8. The van der Waals surface area contributed by atoms with Crippen LogP contribution in [0.1, 0.15) is 22.0 Å². The summed E-state index contributed by atoms with van der Waals surface area (Å²) in [5.74, 6) is 0.689. The van der Waals surface area contributed by atoms with Crippen molar-refractivity contribution in [3.8, 4) is 5.75 Å². The predicted octanol–water partition coefficient (Wildman–Crippen LogP) is 2.53. The van der Waals surface area contributed by atoms with Gasteiger partial charge in [0.25, 0.3) is 5.91 Å². The predicted molar refractivity (Wildman–Crippen MR) is 88.9 cm³/mol. The Bertz CT molecular complexity index is 708. The third kappa shape index (κ3) is 3.16. The molecule has 1 unspecified atom stereocenters. The number of hydrogen-bond donors (Lipinski definition) is 1. The standard InChI is InChI=1S/C17H18ClN3O2/c1-23-16-5-3-2-4-13(16)15-11-20-8-9-21(15)17(22)12-6-7-19-10-14(12)18/h2-7,10,15,20H,8-9,11H2,1H3. The quantitative estimate of drug-likeness (QED) is 0.939. The first-order valence-electron chi connectivity index (χ1n) is 7.46. The number of nitrogens with zero attached hydrogens (tertiary/aromatic N) is 2. The molecule has 1 aliphatic rings. The Labute approximate surface area is 140 Å². The van der Waals surface area contributed by atoms with E-state index in [2.05, 4.69) is 10.3 Å². The van der Waals surface area contributed by atoms with Gasteiger partial charge in [-0.25, -0.2) is 0 Å². The van der Waals surface area contributed by atoms with Gasteiger partial charge in [0.15, 0.2) is 0 Å². The molecule has 0 bridgehead atoms. The monoisotopic (exact) mass is 331 g/mol. The molecule has 120 valence electrons. The fourth-order valence-electron chi connectivity index (χ4n) is 2.87. The van der Waals surface area contributed by atoms with E-state index < -0.39 is 0 Å². The number of carbonyl (C=O) groups is 1. The summed E-state index contributed by atoms with van der Waals surface area (Å²) in [7, 11) is 1.64. The molecule has 1 amide bonds. The molecule has 5 nitrogen and oxygen atoms in total. The number of amides is 1. The maximum absolute atomic E-state index is 12.9. The first-order chi connectivity index (χ1) is 11.2. The van der Waals surface area contributed by atoms with Gasteiger partial charge in [0, 0.05) is 37.6 Å². The second-order valence-corrected chi connectivity index (χ2v) is 5.72. The van der Waals surface area contributed by atoms with E-state index >= 15 is 0 Å². The Morgan fingerprint density at radius 2 is 2.22 bits per heavy atom. The van der Waals surface area contributed by atoms with E-state index in [0.717, 1.165) is 17.9 Å². The zero-order chi connectivity index (χ0) is 16.2. The Balaban J connectivity index is 1.96. The Morgan fingerprint density at radius 1 is 1.39 bits per heavy atom. The second-order valence-electron chi connectivity index (χ2n) is 5.32. The molecule has 1 aliphatic heterocycles. The van der Waals surface area contributed by atoms with E-state index in [1.165, 1.54) is 6.20 Å². The fourth-order valence-corrected chi connectivity index (χ4v) is 3.07. The summed E-state index contributed by atoms with van der Waals surface area (Å²) in [6.45, 7) is 2.04. The topological polar surface area (TPSA) is 54.5 Å². The van der Waals surface area contributed by atoms with Gasteiger partial charge in [0.2, 0.25) is 0 Å². The van der Waals surface area contributed by atoms with Crippen LogP contribution in [0.4, 0.5) is 0 Å². The molecule has 2 heterocycles. The van der Waals surface area contributed by atoms with Crippen LogP contribution in [0.25, 0.3) is 0 Å². The van der Waals surface area contributed by atoms with E-state index in [1.54, 1.807) is 19.4 Å². The van der Waals surface area contributed by atoms with Crippen molar-refractivity contribution in [3.05, 3.63) is 58.9 Å². The van der Waals surface area contributed by atoms with Crippen molar-refractivity contribution in [2.45, 2.75) is 6.04 Å². The summed E-state index contributed by atoms with van der Waals surface area (Å²) in [6, 6.07) is 9.33. The van der Waals surface area contributed by atoms with Crippen LogP contribution in [-0.2, 0) is 0 Å². The van der Waals surface area contributed by atoms with Crippen molar-refractivity contribution in [2.24, 2.45) is 0 Å². The molecule has 0 aliphatic carbocycles. The molecule has 1 aromatic carbocycles. The summed E-state index contributed by atoms with van der Waals surface area (Å²) >= 11 is 6.14. The third-order valence-electron chi connectivity index (χ3n) is 4.01. The molecule has 0 spiro atoms. The van der Waals surface area contributed by atoms with Gasteiger partial charge >= 0.3 is 0 Å². The van der Waals surface area contributed by atoms with Gasteiger partial charge in [0.05, 0.1) is 23.7 Å². The highest BCUT2D eigenvalue weighted by molar-refractivity contribution is 6.33. The van der Waals surface area contributed by atoms with Crippen LogP contribution in [0, 0.1) is 0 Å². The SMILES string of the molecule is COc1ccccc1C1CNCCN1C(=O)c1ccncc1Cl. The first kappa shape index (κ1) is 15.8. The Morgan fingerprint density at radius 3 is 3.00 bits per heavy atom. The van der Waals surface area contributed by atoms with Gasteiger partial charge in [-0.2, -0.15) is 0 Å². The van der Waals surface area contributed by atoms with Crippen LogP contribution in [0.2, 0.25) is 5.02 Å². The van der Waals surface area contributed by atoms with Gasteiger partial charge < -0.3 is 15.0 Å². The number of carbonyl (C=O) groups excluding carboxylic acids is 1. The van der Waals surface area contributed by atoms with E-state index in [4.69, 9.17) is 16.3 Å². The number of halogens is 1. The fraction of sp³-hybridized carbons (Fsp3) is 0.294. The van der Waals surface area contributed by atoms with Gasteiger partial charge in [-0.1, -0.05) is 29.8 Å². The number of benzene rings is 1. The second kappa shape index (κ2) is 6.98. The number of nitrogens with one attached hydrogen (secondary N) is 1. The summed E-state index contributed by atoms with van der Waals surface area (Å²) in [6.07, 6.45) is 3.08. The molecule has 1 atom stereocenters. The van der Waals surface area contributed by atoms with Gasteiger partial charge in [-0.3, -0.25) is 9.78 Å². The Hall–Kier alpha value is -2.11. The van der Waals surface area contributed by atoms with Crippen molar-refractivity contribution in [3.63, 3.8) is 0 Å². The molecule has 23 heavy (non-hydrogen) atoms. The van der Waals surface area contributed by atoms with Crippen molar-refractivity contribution in [2.75, 3.05) is 26.7 Å². The molecule has 3 rings (SSSR count). The highest BCUT2D eigenvalue weighted by Crippen LogP contribution is 2.31. The minimum atomic E-state index is -0.100. The smallest absolute Gasteiger partial charge is 0.256 e. The van der Waals surface area contributed by atoms with Crippen molar-refractivity contribution >= 4 is 17.5 Å². The number of hydrogen-bond acceptors (Lipinski definition) is 4. The first-order valence-corrected chi connectivity index (χ1v) is 7.84. The van der Waals surface area contributed by atoms with E-state index in [0.29, 0.717) is 23.7 Å². The highest BCUT2D eigenvalue weighted by Gasteiger charge is 2.31. The average Bonchev–Trinajstić information content (AvgIpc) is 2.61. The maximum Gasteiger partial charge on any atom is 0.256 e. The van der Waals surface area contributed by atoms with E-state index in [-0.39, 0.29) is 11.9 Å². The number of rotatable bonds is 3. The third-order valence-corrected chi connectivity index (χ3v) is 4.31. The van der Waals surface area contributed by atoms with Gasteiger partial charge in [-0.15, -0.1) is 0 Å². The van der Waals surface area contributed by atoms with Crippen LogP contribution in [0.5, 0.6) is 5.75 Å². The highest BCUT2D eigenvalue weighted by atomic mass is 35.5.